The van der Waals surface area contributed by atoms with E-state index >= 15 is 0 Å². The van der Waals surface area contributed by atoms with E-state index in [4.69, 9.17) is 11.1 Å². The molecule has 7 nitrogen and oxygen atoms in total. The SMILES string of the molecule is N=C(N)NCCC[C@@H](CO)NCCc1c(O)cccc1O. The Kier molecular flexibility index (Phi) is 7.34. The molecule has 0 aliphatic carbocycles. The molecule has 21 heavy (non-hydrogen) atoms. The summed E-state index contributed by atoms with van der Waals surface area (Å²) in [5, 5.41) is 41.5. The van der Waals surface area contributed by atoms with Crippen LogP contribution in [0.1, 0.15) is 18.4 Å². The highest BCUT2D eigenvalue weighted by Gasteiger charge is 2.09. The van der Waals surface area contributed by atoms with Gasteiger partial charge in [-0.3, -0.25) is 5.41 Å². The fourth-order valence-electron chi connectivity index (χ4n) is 2.05. The Morgan fingerprint density at radius 2 is 1.90 bits per heavy atom. The van der Waals surface area contributed by atoms with Gasteiger partial charge in [0, 0.05) is 18.2 Å². The van der Waals surface area contributed by atoms with E-state index in [-0.39, 0.29) is 30.1 Å². The zero-order valence-electron chi connectivity index (χ0n) is 12.0. The highest BCUT2D eigenvalue weighted by Crippen LogP contribution is 2.26. The van der Waals surface area contributed by atoms with Crippen LogP contribution in [-0.2, 0) is 6.42 Å². The van der Waals surface area contributed by atoms with Crippen LogP contribution in [0.2, 0.25) is 0 Å². The molecule has 0 spiro atoms. The first-order chi connectivity index (χ1) is 10.0. The third-order valence-electron chi connectivity index (χ3n) is 3.20. The quantitative estimate of drug-likeness (QED) is 0.192. The zero-order chi connectivity index (χ0) is 15.7. The standard InChI is InChI=1S/C14H24N4O3/c15-14(16)18-7-2-3-10(9-19)17-8-6-11-12(20)4-1-5-13(11)21/h1,4-5,10,17,19-21H,2-3,6-9H2,(H4,15,16,18)/t10-/m0/s1. The molecule has 0 fully saturated rings. The molecular weight excluding hydrogens is 272 g/mol. The van der Waals surface area contributed by atoms with Gasteiger partial charge in [-0.2, -0.15) is 0 Å². The molecule has 1 atom stereocenters. The first kappa shape index (κ1) is 17.1. The van der Waals surface area contributed by atoms with Crippen molar-refractivity contribution in [3.05, 3.63) is 23.8 Å². The largest absolute Gasteiger partial charge is 0.508 e. The smallest absolute Gasteiger partial charge is 0.185 e. The Morgan fingerprint density at radius 1 is 1.24 bits per heavy atom. The van der Waals surface area contributed by atoms with Crippen LogP contribution in [0.4, 0.5) is 0 Å². The van der Waals surface area contributed by atoms with Crippen molar-refractivity contribution >= 4 is 5.96 Å². The summed E-state index contributed by atoms with van der Waals surface area (Å²) < 4.78 is 0. The number of aliphatic hydroxyl groups excluding tert-OH is 1. The van der Waals surface area contributed by atoms with E-state index in [1.165, 1.54) is 12.1 Å². The van der Waals surface area contributed by atoms with Gasteiger partial charge in [-0.05, 0) is 37.9 Å². The Labute approximate surface area is 124 Å². The van der Waals surface area contributed by atoms with Gasteiger partial charge < -0.3 is 31.7 Å². The van der Waals surface area contributed by atoms with Crippen LogP contribution >= 0.6 is 0 Å². The molecule has 0 bridgehead atoms. The number of rotatable bonds is 9. The van der Waals surface area contributed by atoms with Crippen molar-refractivity contribution in [2.45, 2.75) is 25.3 Å². The molecule has 0 saturated heterocycles. The Balaban J connectivity index is 2.30. The van der Waals surface area contributed by atoms with Gasteiger partial charge in [-0.1, -0.05) is 6.07 Å². The summed E-state index contributed by atoms with van der Waals surface area (Å²) >= 11 is 0. The van der Waals surface area contributed by atoms with Crippen molar-refractivity contribution in [1.82, 2.24) is 10.6 Å². The predicted octanol–water partition coefficient (Wildman–Crippen LogP) is -0.146. The summed E-state index contributed by atoms with van der Waals surface area (Å²) in [6.07, 6.45) is 1.99. The second-order valence-electron chi connectivity index (χ2n) is 4.84. The van der Waals surface area contributed by atoms with Crippen LogP contribution in [0.15, 0.2) is 18.2 Å². The third-order valence-corrected chi connectivity index (χ3v) is 3.20. The van der Waals surface area contributed by atoms with Crippen molar-refractivity contribution in [3.63, 3.8) is 0 Å². The van der Waals surface area contributed by atoms with Gasteiger partial charge in [0.1, 0.15) is 11.5 Å². The summed E-state index contributed by atoms with van der Waals surface area (Å²) in [5.41, 5.74) is 5.67. The number of guanidine groups is 1. The van der Waals surface area contributed by atoms with Crippen molar-refractivity contribution in [2.24, 2.45) is 5.73 Å². The minimum Gasteiger partial charge on any atom is -0.508 e. The molecule has 0 unspecified atom stereocenters. The average molecular weight is 296 g/mol. The van der Waals surface area contributed by atoms with Gasteiger partial charge in [0.05, 0.1) is 6.61 Å². The number of hydrogen-bond acceptors (Lipinski definition) is 5. The van der Waals surface area contributed by atoms with E-state index in [9.17, 15) is 15.3 Å². The zero-order valence-corrected chi connectivity index (χ0v) is 12.0. The molecule has 0 aromatic heterocycles. The molecule has 118 valence electrons. The highest BCUT2D eigenvalue weighted by molar-refractivity contribution is 5.74. The van der Waals surface area contributed by atoms with Gasteiger partial charge in [0.25, 0.3) is 0 Å². The van der Waals surface area contributed by atoms with Crippen LogP contribution in [0, 0.1) is 5.41 Å². The Hall–Kier alpha value is -1.99. The molecule has 1 aromatic carbocycles. The number of phenolic OH excluding ortho intramolecular Hbond substituents is 2. The topological polar surface area (TPSA) is 135 Å². The Morgan fingerprint density at radius 3 is 2.48 bits per heavy atom. The van der Waals surface area contributed by atoms with E-state index in [1.807, 2.05) is 0 Å². The number of aliphatic hydroxyl groups is 1. The summed E-state index contributed by atoms with van der Waals surface area (Å²) in [5.74, 6) is 0.0875. The molecule has 0 amide bonds. The first-order valence-electron chi connectivity index (χ1n) is 6.96. The van der Waals surface area contributed by atoms with E-state index in [0.29, 0.717) is 25.1 Å². The van der Waals surface area contributed by atoms with Gasteiger partial charge in [-0.25, -0.2) is 0 Å². The van der Waals surface area contributed by atoms with E-state index in [2.05, 4.69) is 10.6 Å². The maximum atomic E-state index is 9.66. The number of benzene rings is 1. The number of nitrogens with one attached hydrogen (secondary N) is 3. The third kappa shape index (κ3) is 6.33. The number of aromatic hydroxyl groups is 2. The molecule has 7 heteroatoms. The molecule has 8 N–H and O–H groups in total. The molecule has 1 rings (SSSR count). The number of nitrogens with two attached hydrogens (primary N) is 1. The van der Waals surface area contributed by atoms with Gasteiger partial charge in [0.2, 0.25) is 0 Å². The fourth-order valence-corrected chi connectivity index (χ4v) is 2.05. The van der Waals surface area contributed by atoms with E-state index < -0.39 is 0 Å². The van der Waals surface area contributed by atoms with Gasteiger partial charge in [0.15, 0.2) is 5.96 Å². The molecule has 0 saturated carbocycles. The lowest BCUT2D eigenvalue weighted by molar-refractivity contribution is 0.234. The molecule has 0 radical (unpaired) electrons. The van der Waals surface area contributed by atoms with Gasteiger partial charge in [-0.15, -0.1) is 0 Å². The predicted molar refractivity (Wildman–Crippen MR) is 81.5 cm³/mol. The van der Waals surface area contributed by atoms with Crippen molar-refractivity contribution in [3.8, 4) is 11.5 Å². The monoisotopic (exact) mass is 296 g/mol. The normalized spacial score (nSPS) is 12.0. The first-order valence-corrected chi connectivity index (χ1v) is 6.96. The lowest BCUT2D eigenvalue weighted by atomic mass is 10.1. The second kappa shape index (κ2) is 9.04. The maximum Gasteiger partial charge on any atom is 0.185 e. The fraction of sp³-hybridized carbons (Fsp3) is 0.500. The minimum absolute atomic E-state index is 0.00677. The summed E-state index contributed by atoms with van der Waals surface area (Å²) in [6.45, 7) is 1.14. The number of phenols is 2. The van der Waals surface area contributed by atoms with Gasteiger partial charge >= 0.3 is 0 Å². The summed E-state index contributed by atoms with van der Waals surface area (Å²) in [4.78, 5) is 0. The summed E-state index contributed by atoms with van der Waals surface area (Å²) in [7, 11) is 0. The number of hydrogen-bond donors (Lipinski definition) is 7. The molecule has 0 heterocycles. The van der Waals surface area contributed by atoms with Crippen LogP contribution in [0.5, 0.6) is 11.5 Å². The molecule has 0 aliphatic rings. The summed E-state index contributed by atoms with van der Waals surface area (Å²) in [6, 6.07) is 4.59. The molecule has 0 aliphatic heterocycles. The van der Waals surface area contributed by atoms with Crippen LogP contribution in [-0.4, -0.2) is 47.0 Å². The lowest BCUT2D eigenvalue weighted by Crippen LogP contribution is -2.36. The Bertz CT molecular complexity index is 434. The molecular formula is C14H24N4O3. The van der Waals surface area contributed by atoms with E-state index in [1.54, 1.807) is 6.07 Å². The maximum absolute atomic E-state index is 9.66. The van der Waals surface area contributed by atoms with E-state index in [0.717, 1.165) is 12.8 Å². The van der Waals surface area contributed by atoms with Crippen LogP contribution < -0.4 is 16.4 Å². The second-order valence-corrected chi connectivity index (χ2v) is 4.84. The van der Waals surface area contributed by atoms with Crippen LogP contribution in [0.25, 0.3) is 0 Å². The van der Waals surface area contributed by atoms with Crippen molar-refractivity contribution in [1.29, 1.82) is 5.41 Å². The van der Waals surface area contributed by atoms with Crippen LogP contribution in [0.3, 0.4) is 0 Å². The minimum atomic E-state index is -0.0632. The highest BCUT2D eigenvalue weighted by atomic mass is 16.3. The average Bonchev–Trinajstić information content (AvgIpc) is 2.44. The van der Waals surface area contributed by atoms with Crippen molar-refractivity contribution in [2.75, 3.05) is 19.7 Å². The lowest BCUT2D eigenvalue weighted by Gasteiger charge is -2.17. The van der Waals surface area contributed by atoms with Crippen molar-refractivity contribution < 1.29 is 15.3 Å². The molecule has 1 aromatic rings.